The van der Waals surface area contributed by atoms with Crippen molar-refractivity contribution >= 4 is 11.3 Å². The van der Waals surface area contributed by atoms with E-state index in [1.54, 1.807) is 7.11 Å². The number of hydrogen-bond donors (Lipinski definition) is 1. The summed E-state index contributed by atoms with van der Waals surface area (Å²) in [6.07, 6.45) is 0. The van der Waals surface area contributed by atoms with Gasteiger partial charge in [0.1, 0.15) is 0 Å². The molecule has 0 bridgehead atoms. The summed E-state index contributed by atoms with van der Waals surface area (Å²) in [5.74, 6) is 0. The third-order valence-corrected chi connectivity index (χ3v) is 4.40. The van der Waals surface area contributed by atoms with Crippen molar-refractivity contribution in [2.24, 2.45) is 0 Å². The first-order valence-electron chi connectivity index (χ1n) is 6.53. The summed E-state index contributed by atoms with van der Waals surface area (Å²) >= 11 is 1.88. The minimum absolute atomic E-state index is 0.676. The standard InChI is InChI=1S/C16H21NOS/c1-12-8-16(19-13(12)2)10-17-9-14-6-4-5-7-15(14)11-18-3/h4-8,17H,9-11H2,1-3H3. The first-order valence-corrected chi connectivity index (χ1v) is 7.34. The number of rotatable bonds is 6. The van der Waals surface area contributed by atoms with Gasteiger partial charge in [-0.2, -0.15) is 0 Å². The van der Waals surface area contributed by atoms with Gasteiger partial charge in [0.25, 0.3) is 0 Å². The molecule has 2 rings (SSSR count). The molecule has 0 radical (unpaired) electrons. The second-order valence-corrected chi connectivity index (χ2v) is 6.10. The largest absolute Gasteiger partial charge is 0.380 e. The molecule has 0 fully saturated rings. The van der Waals surface area contributed by atoms with Gasteiger partial charge in [-0.3, -0.25) is 0 Å². The lowest BCUT2D eigenvalue weighted by Gasteiger charge is -2.09. The van der Waals surface area contributed by atoms with E-state index in [0.717, 1.165) is 13.1 Å². The molecule has 0 aliphatic rings. The lowest BCUT2D eigenvalue weighted by Crippen LogP contribution is -2.13. The van der Waals surface area contributed by atoms with Crippen molar-refractivity contribution in [1.82, 2.24) is 5.32 Å². The molecule has 0 aliphatic heterocycles. The molecule has 1 aromatic heterocycles. The molecule has 0 aliphatic carbocycles. The van der Waals surface area contributed by atoms with Gasteiger partial charge >= 0.3 is 0 Å². The maximum Gasteiger partial charge on any atom is 0.0716 e. The molecule has 3 heteroatoms. The lowest BCUT2D eigenvalue weighted by atomic mass is 10.1. The van der Waals surface area contributed by atoms with Crippen molar-refractivity contribution in [3.8, 4) is 0 Å². The quantitative estimate of drug-likeness (QED) is 0.866. The average Bonchev–Trinajstić information content (AvgIpc) is 2.71. The second-order valence-electron chi connectivity index (χ2n) is 4.76. The van der Waals surface area contributed by atoms with Crippen LogP contribution in [-0.2, 0) is 24.4 Å². The van der Waals surface area contributed by atoms with Gasteiger partial charge < -0.3 is 10.1 Å². The molecule has 102 valence electrons. The number of methoxy groups -OCH3 is 1. The zero-order chi connectivity index (χ0) is 13.7. The van der Waals surface area contributed by atoms with Gasteiger partial charge in [-0.15, -0.1) is 11.3 Å². The average molecular weight is 275 g/mol. The minimum Gasteiger partial charge on any atom is -0.380 e. The molecule has 2 aromatic rings. The Morgan fingerprint density at radius 1 is 1.11 bits per heavy atom. The Balaban J connectivity index is 1.92. The summed E-state index contributed by atoms with van der Waals surface area (Å²) < 4.78 is 5.23. The van der Waals surface area contributed by atoms with Crippen LogP contribution in [0.1, 0.15) is 26.4 Å². The predicted molar refractivity (Wildman–Crippen MR) is 81.5 cm³/mol. The van der Waals surface area contributed by atoms with E-state index in [1.165, 1.54) is 26.4 Å². The normalized spacial score (nSPS) is 10.9. The van der Waals surface area contributed by atoms with Crippen LogP contribution in [0.25, 0.3) is 0 Å². The van der Waals surface area contributed by atoms with Crippen molar-refractivity contribution in [3.63, 3.8) is 0 Å². The molecule has 2 nitrogen and oxygen atoms in total. The molecule has 19 heavy (non-hydrogen) atoms. The van der Waals surface area contributed by atoms with E-state index in [2.05, 4.69) is 49.5 Å². The van der Waals surface area contributed by atoms with E-state index in [1.807, 2.05) is 11.3 Å². The number of hydrogen-bond acceptors (Lipinski definition) is 3. The number of thiophene rings is 1. The second kappa shape index (κ2) is 6.85. The summed E-state index contributed by atoms with van der Waals surface area (Å²) in [5.41, 5.74) is 3.96. The van der Waals surface area contributed by atoms with Crippen LogP contribution in [0.4, 0.5) is 0 Å². The number of benzene rings is 1. The Kier molecular flexibility index (Phi) is 5.14. The lowest BCUT2D eigenvalue weighted by molar-refractivity contribution is 0.184. The fourth-order valence-electron chi connectivity index (χ4n) is 2.08. The van der Waals surface area contributed by atoms with Crippen LogP contribution in [-0.4, -0.2) is 7.11 Å². The molecule has 0 unspecified atom stereocenters. The summed E-state index contributed by atoms with van der Waals surface area (Å²) in [5, 5.41) is 3.51. The number of ether oxygens (including phenoxy) is 1. The Morgan fingerprint density at radius 3 is 2.47 bits per heavy atom. The Morgan fingerprint density at radius 2 is 1.84 bits per heavy atom. The van der Waals surface area contributed by atoms with Crippen molar-refractivity contribution in [2.75, 3.05) is 7.11 Å². The van der Waals surface area contributed by atoms with Gasteiger partial charge in [-0.1, -0.05) is 24.3 Å². The Bertz CT molecular complexity index is 514. The van der Waals surface area contributed by atoms with Crippen LogP contribution in [0.3, 0.4) is 0 Å². The fourth-order valence-corrected chi connectivity index (χ4v) is 3.11. The monoisotopic (exact) mass is 275 g/mol. The van der Waals surface area contributed by atoms with E-state index in [0.29, 0.717) is 6.61 Å². The molecule has 0 amide bonds. The van der Waals surface area contributed by atoms with Crippen molar-refractivity contribution in [2.45, 2.75) is 33.5 Å². The molecular formula is C16H21NOS. The third-order valence-electron chi connectivity index (χ3n) is 3.25. The summed E-state index contributed by atoms with van der Waals surface area (Å²) in [6.45, 7) is 6.84. The van der Waals surface area contributed by atoms with E-state index in [9.17, 15) is 0 Å². The smallest absolute Gasteiger partial charge is 0.0716 e. The maximum atomic E-state index is 5.23. The van der Waals surface area contributed by atoms with Crippen LogP contribution >= 0.6 is 11.3 Å². The highest BCUT2D eigenvalue weighted by Crippen LogP contribution is 2.20. The van der Waals surface area contributed by atoms with Gasteiger partial charge in [-0.05, 0) is 36.6 Å². The zero-order valence-electron chi connectivity index (χ0n) is 11.8. The van der Waals surface area contributed by atoms with Gasteiger partial charge in [0.2, 0.25) is 0 Å². The predicted octanol–water partition coefficient (Wildman–Crippen LogP) is 3.80. The molecule has 1 aromatic carbocycles. The van der Waals surface area contributed by atoms with E-state index in [-0.39, 0.29) is 0 Å². The minimum atomic E-state index is 0.676. The maximum absolute atomic E-state index is 5.23. The molecule has 1 N–H and O–H groups in total. The van der Waals surface area contributed by atoms with Crippen LogP contribution < -0.4 is 5.32 Å². The number of nitrogens with one attached hydrogen (secondary N) is 1. The zero-order valence-corrected chi connectivity index (χ0v) is 12.6. The van der Waals surface area contributed by atoms with Crippen molar-refractivity contribution in [1.29, 1.82) is 0 Å². The summed E-state index contributed by atoms with van der Waals surface area (Å²) in [6, 6.07) is 10.7. The molecular weight excluding hydrogens is 254 g/mol. The van der Waals surface area contributed by atoms with Crippen LogP contribution in [0.2, 0.25) is 0 Å². The van der Waals surface area contributed by atoms with E-state index < -0.39 is 0 Å². The first kappa shape index (κ1) is 14.3. The van der Waals surface area contributed by atoms with E-state index in [4.69, 9.17) is 4.74 Å². The van der Waals surface area contributed by atoms with Crippen LogP contribution in [0.15, 0.2) is 30.3 Å². The highest BCUT2D eigenvalue weighted by atomic mass is 32.1. The number of aryl methyl sites for hydroxylation is 2. The van der Waals surface area contributed by atoms with Crippen molar-refractivity contribution in [3.05, 3.63) is 56.8 Å². The van der Waals surface area contributed by atoms with Crippen LogP contribution in [0, 0.1) is 13.8 Å². The summed E-state index contributed by atoms with van der Waals surface area (Å²) in [7, 11) is 1.74. The highest BCUT2D eigenvalue weighted by Gasteiger charge is 2.03. The molecule has 0 saturated carbocycles. The molecule has 1 heterocycles. The fraction of sp³-hybridized carbons (Fsp3) is 0.375. The van der Waals surface area contributed by atoms with Gasteiger partial charge in [0.15, 0.2) is 0 Å². The van der Waals surface area contributed by atoms with Gasteiger partial charge in [0.05, 0.1) is 6.61 Å². The van der Waals surface area contributed by atoms with Crippen molar-refractivity contribution < 1.29 is 4.74 Å². The highest BCUT2D eigenvalue weighted by molar-refractivity contribution is 7.12. The van der Waals surface area contributed by atoms with E-state index >= 15 is 0 Å². The molecule has 0 atom stereocenters. The topological polar surface area (TPSA) is 21.3 Å². The molecule has 0 spiro atoms. The Hall–Kier alpha value is -1.16. The Labute approximate surface area is 119 Å². The summed E-state index contributed by atoms with van der Waals surface area (Å²) in [4.78, 5) is 2.82. The SMILES string of the molecule is COCc1ccccc1CNCc1cc(C)c(C)s1. The molecule has 0 saturated heterocycles. The van der Waals surface area contributed by atoms with Gasteiger partial charge in [0, 0.05) is 30.0 Å². The third kappa shape index (κ3) is 3.90. The first-order chi connectivity index (χ1) is 9.20. The van der Waals surface area contributed by atoms with Gasteiger partial charge in [-0.25, -0.2) is 0 Å². The van der Waals surface area contributed by atoms with Crippen LogP contribution in [0.5, 0.6) is 0 Å².